The van der Waals surface area contributed by atoms with Crippen LogP contribution in [0.25, 0.3) is 0 Å². The molecule has 1 aliphatic rings. The molecule has 1 aromatic heterocycles. The number of aliphatic hydroxyl groups excluding tert-OH is 1. The fourth-order valence-electron chi connectivity index (χ4n) is 3.38. The molecule has 1 aliphatic heterocycles. The maximum Gasteiger partial charge on any atom is 0.508 e. The molecule has 3 rings (SSSR count). The summed E-state index contributed by atoms with van der Waals surface area (Å²) in [5.74, 6) is 0.336. The number of rotatable bonds is 8. The Hall–Kier alpha value is -2.85. The van der Waals surface area contributed by atoms with Crippen LogP contribution in [-0.4, -0.2) is 60.4 Å². The highest BCUT2D eigenvalue weighted by atomic mass is 19.1. The van der Waals surface area contributed by atoms with Crippen LogP contribution in [0.5, 0.6) is 11.6 Å². The lowest BCUT2D eigenvalue weighted by Crippen LogP contribution is -2.41. The van der Waals surface area contributed by atoms with Gasteiger partial charge in [-0.2, -0.15) is 0 Å². The van der Waals surface area contributed by atoms with Crippen molar-refractivity contribution >= 4 is 6.16 Å². The predicted octanol–water partition coefficient (Wildman–Crippen LogP) is 3.23. The van der Waals surface area contributed by atoms with E-state index in [1.807, 2.05) is 13.8 Å². The molecule has 0 bridgehead atoms. The van der Waals surface area contributed by atoms with Crippen molar-refractivity contribution < 1.29 is 38.0 Å². The monoisotopic (exact) mass is 452 g/mol. The van der Waals surface area contributed by atoms with Crippen molar-refractivity contribution in [2.45, 2.75) is 57.6 Å². The van der Waals surface area contributed by atoms with E-state index in [2.05, 4.69) is 9.84 Å². The van der Waals surface area contributed by atoms with Crippen LogP contribution >= 0.6 is 0 Å². The molecule has 10 heteroatoms. The average molecular weight is 452 g/mol. The quantitative estimate of drug-likeness (QED) is 0.610. The van der Waals surface area contributed by atoms with Gasteiger partial charge in [0, 0.05) is 43.1 Å². The smallest absolute Gasteiger partial charge is 0.497 e. The Morgan fingerprint density at radius 2 is 2.09 bits per heavy atom. The molecule has 2 aromatic rings. The van der Waals surface area contributed by atoms with Gasteiger partial charge in [0.25, 0.3) is 0 Å². The Labute approximate surface area is 186 Å². The summed E-state index contributed by atoms with van der Waals surface area (Å²) in [7, 11) is 2.69. The van der Waals surface area contributed by atoms with E-state index in [4.69, 9.17) is 18.9 Å². The van der Waals surface area contributed by atoms with Gasteiger partial charge in [-0.05, 0) is 25.5 Å². The lowest BCUT2D eigenvalue weighted by Gasteiger charge is -2.32. The summed E-state index contributed by atoms with van der Waals surface area (Å²) in [4.78, 5) is 11.2. The summed E-state index contributed by atoms with van der Waals surface area (Å²) < 4.78 is 42.5. The number of halogens is 1. The molecule has 1 aromatic carbocycles. The fraction of sp³-hybridized carbons (Fsp3) is 0.545. The van der Waals surface area contributed by atoms with E-state index in [-0.39, 0.29) is 25.5 Å². The van der Waals surface area contributed by atoms with Crippen LogP contribution < -0.4 is 9.47 Å². The average Bonchev–Trinajstić information content (AvgIpc) is 3.15. The van der Waals surface area contributed by atoms with E-state index in [0.717, 1.165) is 0 Å². The highest BCUT2D eigenvalue weighted by Crippen LogP contribution is 2.28. The summed E-state index contributed by atoms with van der Waals surface area (Å²) in [6.45, 7) is 3.86. The zero-order valence-electron chi connectivity index (χ0n) is 18.6. The first kappa shape index (κ1) is 23.8. The molecule has 0 radical (unpaired) electrons. The molecule has 32 heavy (non-hydrogen) atoms. The maximum absolute atomic E-state index is 14.5. The van der Waals surface area contributed by atoms with Crippen molar-refractivity contribution in [1.82, 2.24) is 9.78 Å². The minimum Gasteiger partial charge on any atom is -0.497 e. The minimum absolute atomic E-state index is 0.0610. The van der Waals surface area contributed by atoms with Crippen LogP contribution in [0.2, 0.25) is 0 Å². The molecule has 1 fully saturated rings. The Bertz CT molecular complexity index is 918. The SMILES string of the molecule is COC(=O)OCC1CC(O)C[C@H](Oc2nn(C(C)C)cc2Cc2ccc(OC)cc2F)O1. The molecular formula is C22H29FN2O7. The molecule has 2 heterocycles. The number of nitrogens with zero attached hydrogens (tertiary/aromatic N) is 2. The number of hydrogen-bond donors (Lipinski definition) is 1. The van der Waals surface area contributed by atoms with Gasteiger partial charge in [0.1, 0.15) is 18.2 Å². The highest BCUT2D eigenvalue weighted by Gasteiger charge is 2.32. The zero-order valence-corrected chi connectivity index (χ0v) is 18.6. The number of ether oxygens (including phenoxy) is 5. The van der Waals surface area contributed by atoms with Gasteiger partial charge >= 0.3 is 6.16 Å². The normalized spacial score (nSPS) is 20.8. The van der Waals surface area contributed by atoms with Gasteiger partial charge in [0.05, 0.1) is 26.4 Å². The number of methoxy groups -OCH3 is 2. The molecule has 3 atom stereocenters. The third-order valence-corrected chi connectivity index (χ3v) is 5.08. The summed E-state index contributed by atoms with van der Waals surface area (Å²) in [5.41, 5.74) is 1.14. The first-order valence-electron chi connectivity index (χ1n) is 10.4. The fourth-order valence-corrected chi connectivity index (χ4v) is 3.38. The van der Waals surface area contributed by atoms with E-state index >= 15 is 0 Å². The van der Waals surface area contributed by atoms with Crippen LogP contribution in [0.1, 0.15) is 43.9 Å². The van der Waals surface area contributed by atoms with E-state index in [9.17, 15) is 14.3 Å². The lowest BCUT2D eigenvalue weighted by molar-refractivity contribution is -0.187. The highest BCUT2D eigenvalue weighted by molar-refractivity contribution is 5.59. The van der Waals surface area contributed by atoms with Gasteiger partial charge in [0.2, 0.25) is 12.2 Å². The largest absolute Gasteiger partial charge is 0.508 e. The van der Waals surface area contributed by atoms with Crippen molar-refractivity contribution in [3.8, 4) is 11.6 Å². The summed E-state index contributed by atoms with van der Waals surface area (Å²) in [6, 6.07) is 4.74. The molecular weight excluding hydrogens is 423 g/mol. The predicted molar refractivity (Wildman–Crippen MR) is 111 cm³/mol. The van der Waals surface area contributed by atoms with Crippen molar-refractivity contribution in [2.24, 2.45) is 0 Å². The van der Waals surface area contributed by atoms with Crippen LogP contribution in [-0.2, 0) is 20.6 Å². The van der Waals surface area contributed by atoms with E-state index in [1.54, 1.807) is 23.0 Å². The minimum atomic E-state index is -0.828. The number of carbonyl (C=O) groups excluding carboxylic acids is 1. The number of aliphatic hydroxyl groups is 1. The van der Waals surface area contributed by atoms with Crippen LogP contribution in [0.15, 0.2) is 24.4 Å². The molecule has 176 valence electrons. The molecule has 0 spiro atoms. The van der Waals surface area contributed by atoms with E-state index in [0.29, 0.717) is 29.2 Å². The summed E-state index contributed by atoms with van der Waals surface area (Å²) in [5, 5.41) is 14.7. The Kier molecular flexibility index (Phi) is 7.92. The molecule has 1 saturated heterocycles. The Morgan fingerprint density at radius 1 is 1.31 bits per heavy atom. The third kappa shape index (κ3) is 6.10. The topological polar surface area (TPSA) is 101 Å². The summed E-state index contributed by atoms with van der Waals surface area (Å²) in [6.07, 6.45) is -0.318. The van der Waals surface area contributed by atoms with Crippen LogP contribution in [0, 0.1) is 5.82 Å². The van der Waals surface area contributed by atoms with Gasteiger partial charge in [0.15, 0.2) is 0 Å². The second-order valence-electron chi connectivity index (χ2n) is 7.86. The van der Waals surface area contributed by atoms with E-state index in [1.165, 1.54) is 20.3 Å². The standard InChI is InChI=1S/C22H29FN2O7/c1-13(2)25-11-15(7-14-5-6-17(28-3)10-19(14)23)21(24-25)32-20-9-16(26)8-18(31-20)12-30-22(27)29-4/h5-6,10-11,13,16,18,20,26H,7-9,12H2,1-4H3/t16?,18?,20-/m0/s1. The van der Waals surface area contributed by atoms with Gasteiger partial charge in [-0.1, -0.05) is 6.07 Å². The molecule has 9 nitrogen and oxygen atoms in total. The van der Waals surface area contributed by atoms with Gasteiger partial charge in [-0.25, -0.2) is 9.18 Å². The summed E-state index contributed by atoms with van der Waals surface area (Å²) >= 11 is 0. The molecule has 1 N–H and O–H groups in total. The van der Waals surface area contributed by atoms with Gasteiger partial charge in [-0.15, -0.1) is 5.10 Å². The molecule has 0 saturated carbocycles. The lowest BCUT2D eigenvalue weighted by atomic mass is 10.1. The van der Waals surface area contributed by atoms with Crippen molar-refractivity contribution in [3.05, 3.63) is 41.3 Å². The van der Waals surface area contributed by atoms with Crippen molar-refractivity contribution in [1.29, 1.82) is 0 Å². The van der Waals surface area contributed by atoms with Crippen molar-refractivity contribution in [2.75, 3.05) is 20.8 Å². The number of carbonyl (C=O) groups is 1. The van der Waals surface area contributed by atoms with Gasteiger partial charge in [-0.3, -0.25) is 4.68 Å². The molecule has 2 unspecified atom stereocenters. The number of hydrogen-bond acceptors (Lipinski definition) is 8. The van der Waals surface area contributed by atoms with Crippen molar-refractivity contribution in [3.63, 3.8) is 0 Å². The number of aromatic nitrogens is 2. The first-order chi connectivity index (χ1) is 15.3. The third-order valence-electron chi connectivity index (χ3n) is 5.08. The molecule has 0 aliphatic carbocycles. The van der Waals surface area contributed by atoms with Gasteiger partial charge < -0.3 is 28.8 Å². The zero-order chi connectivity index (χ0) is 23.3. The Morgan fingerprint density at radius 3 is 2.75 bits per heavy atom. The first-order valence-corrected chi connectivity index (χ1v) is 10.4. The maximum atomic E-state index is 14.5. The van der Waals surface area contributed by atoms with Crippen LogP contribution in [0.3, 0.4) is 0 Å². The van der Waals surface area contributed by atoms with E-state index < -0.39 is 30.5 Å². The second kappa shape index (κ2) is 10.6. The van der Waals surface area contributed by atoms with Crippen LogP contribution in [0.4, 0.5) is 9.18 Å². The molecule has 0 amide bonds. The number of benzene rings is 1. The Balaban J connectivity index is 1.75. The second-order valence-corrected chi connectivity index (χ2v) is 7.86.